The van der Waals surface area contributed by atoms with Crippen LogP contribution in [0.2, 0.25) is 0 Å². The van der Waals surface area contributed by atoms with Crippen LogP contribution in [0.5, 0.6) is 0 Å². The molecular weight excluding hydrogens is 319 g/mol. The summed E-state index contributed by atoms with van der Waals surface area (Å²) in [6.45, 7) is 0. The van der Waals surface area contributed by atoms with E-state index in [9.17, 15) is 14.5 Å². The average molecular weight is 327 g/mol. The SMILES string of the molecule is Nc1cc([N+](=O)[O-])cc(Nc2cc(F)ccc2Br)n1. The van der Waals surface area contributed by atoms with Gasteiger partial charge in [0.2, 0.25) is 0 Å². The molecule has 19 heavy (non-hydrogen) atoms. The van der Waals surface area contributed by atoms with Gasteiger partial charge < -0.3 is 11.1 Å². The molecule has 0 spiro atoms. The minimum Gasteiger partial charge on any atom is -0.383 e. The molecule has 1 aromatic carbocycles. The number of nitrogens with zero attached hydrogens (tertiary/aromatic N) is 2. The summed E-state index contributed by atoms with van der Waals surface area (Å²) in [6.07, 6.45) is 0. The zero-order chi connectivity index (χ0) is 14.0. The monoisotopic (exact) mass is 326 g/mol. The Morgan fingerprint density at radius 1 is 1.37 bits per heavy atom. The van der Waals surface area contributed by atoms with Crippen molar-refractivity contribution in [1.82, 2.24) is 4.98 Å². The summed E-state index contributed by atoms with van der Waals surface area (Å²) < 4.78 is 13.7. The molecule has 8 heteroatoms. The second-order valence-electron chi connectivity index (χ2n) is 3.64. The Morgan fingerprint density at radius 2 is 2.11 bits per heavy atom. The molecule has 2 aromatic rings. The molecule has 0 amide bonds. The Labute approximate surface area is 115 Å². The van der Waals surface area contributed by atoms with Gasteiger partial charge in [-0.05, 0) is 34.1 Å². The zero-order valence-electron chi connectivity index (χ0n) is 9.43. The fraction of sp³-hybridized carbons (Fsp3) is 0. The van der Waals surface area contributed by atoms with E-state index in [0.29, 0.717) is 10.2 Å². The second-order valence-corrected chi connectivity index (χ2v) is 4.50. The molecule has 98 valence electrons. The van der Waals surface area contributed by atoms with E-state index in [2.05, 4.69) is 26.2 Å². The number of aromatic nitrogens is 1. The highest BCUT2D eigenvalue weighted by Crippen LogP contribution is 2.28. The minimum absolute atomic E-state index is 0.00391. The Bertz CT molecular complexity index is 651. The summed E-state index contributed by atoms with van der Waals surface area (Å²) in [7, 11) is 0. The fourth-order valence-corrected chi connectivity index (χ4v) is 1.78. The van der Waals surface area contributed by atoms with Gasteiger partial charge in [0, 0.05) is 4.47 Å². The molecule has 0 unspecified atom stereocenters. The van der Waals surface area contributed by atoms with Crippen LogP contribution in [-0.2, 0) is 0 Å². The van der Waals surface area contributed by atoms with Gasteiger partial charge in [-0.2, -0.15) is 0 Å². The lowest BCUT2D eigenvalue weighted by atomic mass is 10.3. The van der Waals surface area contributed by atoms with Gasteiger partial charge in [-0.25, -0.2) is 9.37 Å². The standard InChI is InChI=1S/C11H8BrFN4O2/c12-8-2-1-6(13)3-9(8)15-11-5-7(17(18)19)4-10(14)16-11/h1-5H,(H3,14,15,16). The van der Waals surface area contributed by atoms with Crippen molar-refractivity contribution in [3.05, 3.63) is 50.7 Å². The summed E-state index contributed by atoms with van der Waals surface area (Å²) in [4.78, 5) is 14.0. The Kier molecular flexibility index (Phi) is 3.61. The van der Waals surface area contributed by atoms with E-state index >= 15 is 0 Å². The first kappa shape index (κ1) is 13.2. The van der Waals surface area contributed by atoms with Crippen molar-refractivity contribution < 1.29 is 9.31 Å². The smallest absolute Gasteiger partial charge is 0.276 e. The number of nitro groups is 1. The number of pyridine rings is 1. The number of benzene rings is 1. The van der Waals surface area contributed by atoms with E-state index in [1.165, 1.54) is 24.3 Å². The van der Waals surface area contributed by atoms with E-state index in [4.69, 9.17) is 5.73 Å². The maximum atomic E-state index is 13.1. The molecule has 0 aliphatic carbocycles. The topological polar surface area (TPSA) is 94.1 Å². The molecule has 0 aliphatic heterocycles. The molecule has 0 atom stereocenters. The van der Waals surface area contributed by atoms with E-state index in [-0.39, 0.29) is 17.3 Å². The van der Waals surface area contributed by atoms with Crippen LogP contribution in [0.3, 0.4) is 0 Å². The number of nitrogen functional groups attached to an aromatic ring is 1. The minimum atomic E-state index is -0.580. The Morgan fingerprint density at radius 3 is 2.79 bits per heavy atom. The van der Waals surface area contributed by atoms with E-state index < -0.39 is 10.7 Å². The third kappa shape index (κ3) is 3.16. The van der Waals surface area contributed by atoms with Crippen LogP contribution < -0.4 is 11.1 Å². The van der Waals surface area contributed by atoms with Crippen LogP contribution in [-0.4, -0.2) is 9.91 Å². The van der Waals surface area contributed by atoms with Crippen molar-refractivity contribution in [1.29, 1.82) is 0 Å². The lowest BCUT2D eigenvalue weighted by Gasteiger charge is -2.08. The van der Waals surface area contributed by atoms with Gasteiger partial charge >= 0.3 is 0 Å². The number of nitrogens with one attached hydrogen (secondary N) is 1. The van der Waals surface area contributed by atoms with Crippen LogP contribution in [0.25, 0.3) is 0 Å². The van der Waals surface area contributed by atoms with Gasteiger partial charge in [-0.15, -0.1) is 0 Å². The zero-order valence-corrected chi connectivity index (χ0v) is 11.0. The quantitative estimate of drug-likeness (QED) is 0.667. The van der Waals surface area contributed by atoms with Crippen molar-refractivity contribution in [3.8, 4) is 0 Å². The van der Waals surface area contributed by atoms with Gasteiger partial charge in [0.15, 0.2) is 0 Å². The molecule has 0 saturated carbocycles. The first-order valence-electron chi connectivity index (χ1n) is 5.10. The molecule has 0 bridgehead atoms. The van der Waals surface area contributed by atoms with Crippen molar-refractivity contribution >= 4 is 38.9 Å². The lowest BCUT2D eigenvalue weighted by molar-refractivity contribution is -0.384. The predicted octanol–water partition coefficient (Wildman–Crippen LogP) is 3.22. The number of hydrogen-bond acceptors (Lipinski definition) is 5. The van der Waals surface area contributed by atoms with E-state index in [1.54, 1.807) is 0 Å². The number of anilines is 3. The second kappa shape index (κ2) is 5.19. The number of hydrogen-bond donors (Lipinski definition) is 2. The van der Waals surface area contributed by atoms with Crippen molar-refractivity contribution in [2.75, 3.05) is 11.1 Å². The summed E-state index contributed by atoms with van der Waals surface area (Å²) in [6, 6.07) is 6.39. The summed E-state index contributed by atoms with van der Waals surface area (Å²) in [5.41, 5.74) is 5.68. The van der Waals surface area contributed by atoms with Gasteiger partial charge in [0.1, 0.15) is 17.5 Å². The third-order valence-corrected chi connectivity index (χ3v) is 2.92. The van der Waals surface area contributed by atoms with Gasteiger partial charge in [-0.3, -0.25) is 10.1 Å². The molecule has 2 rings (SSSR count). The number of rotatable bonds is 3. The molecule has 6 nitrogen and oxygen atoms in total. The maximum Gasteiger partial charge on any atom is 0.276 e. The van der Waals surface area contributed by atoms with Crippen LogP contribution in [0.1, 0.15) is 0 Å². The average Bonchev–Trinajstić information content (AvgIpc) is 2.33. The highest BCUT2D eigenvalue weighted by molar-refractivity contribution is 9.10. The lowest BCUT2D eigenvalue weighted by Crippen LogP contribution is -2.00. The summed E-state index contributed by atoms with van der Waals surface area (Å²) in [5.74, 6) is -0.272. The van der Waals surface area contributed by atoms with Gasteiger partial charge in [-0.1, -0.05) is 0 Å². The molecule has 0 aliphatic rings. The summed E-state index contributed by atoms with van der Waals surface area (Å²) in [5, 5.41) is 13.5. The molecule has 3 N–H and O–H groups in total. The molecule has 0 saturated heterocycles. The predicted molar refractivity (Wildman–Crippen MR) is 72.7 cm³/mol. The molecule has 1 aromatic heterocycles. The number of nitrogens with two attached hydrogens (primary N) is 1. The number of halogens is 2. The molecular formula is C11H8BrFN4O2. The first-order chi connectivity index (χ1) is 8.95. The highest BCUT2D eigenvalue weighted by atomic mass is 79.9. The fourth-order valence-electron chi connectivity index (χ4n) is 1.44. The largest absolute Gasteiger partial charge is 0.383 e. The van der Waals surface area contributed by atoms with Gasteiger partial charge in [0.25, 0.3) is 5.69 Å². The highest BCUT2D eigenvalue weighted by Gasteiger charge is 2.11. The van der Waals surface area contributed by atoms with Crippen molar-refractivity contribution in [2.24, 2.45) is 0 Å². The molecule has 1 heterocycles. The van der Waals surface area contributed by atoms with E-state index in [0.717, 1.165) is 6.07 Å². The van der Waals surface area contributed by atoms with Crippen molar-refractivity contribution in [3.63, 3.8) is 0 Å². The first-order valence-corrected chi connectivity index (χ1v) is 5.89. The van der Waals surface area contributed by atoms with Crippen LogP contribution in [0.4, 0.5) is 27.4 Å². The van der Waals surface area contributed by atoms with Crippen LogP contribution in [0, 0.1) is 15.9 Å². The Hall–Kier alpha value is -2.22. The molecule has 0 fully saturated rings. The van der Waals surface area contributed by atoms with Crippen LogP contribution >= 0.6 is 15.9 Å². The summed E-state index contributed by atoms with van der Waals surface area (Å²) >= 11 is 3.23. The third-order valence-electron chi connectivity index (χ3n) is 2.23. The van der Waals surface area contributed by atoms with Crippen molar-refractivity contribution in [2.45, 2.75) is 0 Å². The van der Waals surface area contributed by atoms with Crippen LogP contribution in [0.15, 0.2) is 34.8 Å². The Balaban J connectivity index is 2.38. The van der Waals surface area contributed by atoms with E-state index in [1.807, 2.05) is 0 Å². The normalized spacial score (nSPS) is 10.2. The maximum absolute atomic E-state index is 13.1. The molecule has 0 radical (unpaired) electrons. The van der Waals surface area contributed by atoms with Gasteiger partial charge in [0.05, 0.1) is 22.7 Å².